The molecule has 0 radical (unpaired) electrons. The van der Waals surface area contributed by atoms with Gasteiger partial charge < -0.3 is 10.0 Å². The molecule has 1 saturated heterocycles. The number of rotatable bonds is 8. The van der Waals surface area contributed by atoms with Gasteiger partial charge in [-0.3, -0.25) is 4.79 Å². The Bertz CT molecular complexity index is 658. The molecule has 1 heterocycles. The molecular formula is C21H27NO3. The molecule has 1 N–H and O–H groups in total. The molecule has 1 aliphatic rings. The third-order valence-electron chi connectivity index (χ3n) is 4.58. The van der Waals surface area contributed by atoms with Gasteiger partial charge in [0, 0.05) is 13.0 Å². The van der Waals surface area contributed by atoms with Crippen molar-refractivity contribution in [2.24, 2.45) is 0 Å². The van der Waals surface area contributed by atoms with Crippen LogP contribution in [0, 0.1) is 0 Å². The van der Waals surface area contributed by atoms with Gasteiger partial charge in [0.2, 0.25) is 5.91 Å². The van der Waals surface area contributed by atoms with Crippen molar-refractivity contribution in [1.82, 2.24) is 4.90 Å². The Hall–Kier alpha value is -2.36. The predicted molar refractivity (Wildman–Crippen MR) is 99.6 cm³/mol. The molecule has 0 saturated carbocycles. The summed E-state index contributed by atoms with van der Waals surface area (Å²) in [4.78, 5) is 25.0. The largest absolute Gasteiger partial charge is 0.478 e. The van der Waals surface area contributed by atoms with Crippen LogP contribution in [0.4, 0.5) is 0 Å². The molecule has 1 amide bonds. The van der Waals surface area contributed by atoms with E-state index in [1.807, 2.05) is 17.0 Å². The van der Waals surface area contributed by atoms with E-state index in [0.29, 0.717) is 13.0 Å². The number of hydrogen-bond donors (Lipinski definition) is 1. The van der Waals surface area contributed by atoms with Gasteiger partial charge in [-0.15, -0.1) is 0 Å². The second kappa shape index (κ2) is 9.21. The number of allylic oxidation sites excluding steroid dienone is 3. The molecule has 1 fully saturated rings. The van der Waals surface area contributed by atoms with Gasteiger partial charge in [-0.25, -0.2) is 4.79 Å². The lowest BCUT2D eigenvalue weighted by Crippen LogP contribution is -2.33. The summed E-state index contributed by atoms with van der Waals surface area (Å²) in [5.74, 6) is -0.719. The smallest absolute Gasteiger partial charge is 0.335 e. The van der Waals surface area contributed by atoms with Crippen molar-refractivity contribution in [2.75, 3.05) is 6.54 Å². The fourth-order valence-corrected chi connectivity index (χ4v) is 3.14. The predicted octanol–water partition coefficient (Wildman–Crippen LogP) is 4.22. The summed E-state index contributed by atoms with van der Waals surface area (Å²) in [7, 11) is 0. The highest BCUT2D eigenvalue weighted by molar-refractivity contribution is 5.87. The van der Waals surface area contributed by atoms with Gasteiger partial charge in [-0.2, -0.15) is 0 Å². The number of benzene rings is 1. The van der Waals surface area contributed by atoms with Crippen LogP contribution in [0.25, 0.3) is 0 Å². The highest BCUT2D eigenvalue weighted by atomic mass is 16.4. The van der Waals surface area contributed by atoms with Crippen LogP contribution >= 0.6 is 0 Å². The quantitative estimate of drug-likeness (QED) is 0.720. The first-order valence-electron chi connectivity index (χ1n) is 8.97. The maximum absolute atomic E-state index is 12.1. The minimum atomic E-state index is -0.919. The van der Waals surface area contributed by atoms with E-state index in [0.717, 1.165) is 31.2 Å². The molecule has 134 valence electrons. The Morgan fingerprint density at radius 1 is 1.32 bits per heavy atom. The molecule has 1 aromatic rings. The summed E-state index contributed by atoms with van der Waals surface area (Å²) in [6.45, 7) is 4.96. The number of carboxylic acid groups (broad SMARTS) is 1. The van der Waals surface area contributed by atoms with Gasteiger partial charge in [0.25, 0.3) is 0 Å². The zero-order valence-electron chi connectivity index (χ0n) is 15.1. The molecule has 2 rings (SSSR count). The Balaban J connectivity index is 1.94. The number of aromatic carboxylic acids is 1. The maximum Gasteiger partial charge on any atom is 0.335 e. The van der Waals surface area contributed by atoms with E-state index < -0.39 is 5.97 Å². The monoisotopic (exact) mass is 341 g/mol. The zero-order chi connectivity index (χ0) is 18.2. The molecule has 1 aromatic carbocycles. The summed E-state index contributed by atoms with van der Waals surface area (Å²) in [6.07, 6.45) is 10.8. The van der Waals surface area contributed by atoms with Crippen LogP contribution in [0.3, 0.4) is 0 Å². The molecule has 0 bridgehead atoms. The molecule has 1 atom stereocenters. The fraction of sp³-hybridized carbons (Fsp3) is 0.429. The number of carboxylic acids is 1. The first-order chi connectivity index (χ1) is 12.0. The summed E-state index contributed by atoms with van der Waals surface area (Å²) < 4.78 is 0. The van der Waals surface area contributed by atoms with E-state index in [1.165, 1.54) is 5.57 Å². The van der Waals surface area contributed by atoms with E-state index >= 15 is 0 Å². The molecule has 4 heteroatoms. The van der Waals surface area contributed by atoms with Crippen LogP contribution in [0.2, 0.25) is 0 Å². The second-order valence-electron chi connectivity index (χ2n) is 6.59. The van der Waals surface area contributed by atoms with Crippen molar-refractivity contribution in [2.45, 2.75) is 52.0 Å². The first-order valence-corrected chi connectivity index (χ1v) is 8.97. The lowest BCUT2D eigenvalue weighted by molar-refractivity contribution is -0.128. The van der Waals surface area contributed by atoms with Crippen molar-refractivity contribution in [3.05, 3.63) is 59.2 Å². The standard InChI is InChI=1S/C21H27NO3/c1-3-5-16(2)6-4-7-19-12-13-20(23)22(19)15-14-17-8-10-18(11-9-17)21(24)25/h4,6-11,19H,3,5,12-15H2,1-2H3,(H,24,25)/b7-4-,16-6+/t19-/m0/s1. The van der Waals surface area contributed by atoms with E-state index in [9.17, 15) is 9.59 Å². The molecule has 25 heavy (non-hydrogen) atoms. The number of nitrogens with zero attached hydrogens (tertiary/aromatic N) is 1. The normalized spacial score (nSPS) is 18.3. The van der Waals surface area contributed by atoms with E-state index in [-0.39, 0.29) is 17.5 Å². The molecule has 0 spiro atoms. The van der Waals surface area contributed by atoms with E-state index in [2.05, 4.69) is 32.1 Å². The van der Waals surface area contributed by atoms with Gasteiger partial charge in [0.1, 0.15) is 0 Å². The minimum absolute atomic E-state index is 0.163. The van der Waals surface area contributed by atoms with Crippen molar-refractivity contribution >= 4 is 11.9 Å². The van der Waals surface area contributed by atoms with Crippen LogP contribution in [0.15, 0.2) is 48.1 Å². The summed E-state index contributed by atoms with van der Waals surface area (Å²) in [5.41, 5.74) is 2.69. The number of carbonyl (C=O) groups is 2. The van der Waals surface area contributed by atoms with Crippen molar-refractivity contribution in [3.63, 3.8) is 0 Å². The minimum Gasteiger partial charge on any atom is -0.478 e. The molecule has 0 aromatic heterocycles. The Kier molecular flexibility index (Phi) is 6.99. The molecular weight excluding hydrogens is 314 g/mol. The van der Waals surface area contributed by atoms with Crippen molar-refractivity contribution in [3.8, 4) is 0 Å². The maximum atomic E-state index is 12.1. The van der Waals surface area contributed by atoms with Crippen LogP contribution in [-0.2, 0) is 11.2 Å². The number of carbonyl (C=O) groups excluding carboxylic acids is 1. The lowest BCUT2D eigenvalue weighted by atomic mass is 10.1. The highest BCUT2D eigenvalue weighted by Crippen LogP contribution is 2.21. The van der Waals surface area contributed by atoms with Gasteiger partial charge in [0.15, 0.2) is 0 Å². The van der Waals surface area contributed by atoms with Gasteiger partial charge in [-0.1, -0.05) is 49.3 Å². The fourth-order valence-electron chi connectivity index (χ4n) is 3.14. The molecule has 1 aliphatic heterocycles. The topological polar surface area (TPSA) is 57.6 Å². The Morgan fingerprint density at radius 3 is 2.68 bits per heavy atom. The van der Waals surface area contributed by atoms with Gasteiger partial charge >= 0.3 is 5.97 Å². The lowest BCUT2D eigenvalue weighted by Gasteiger charge is -2.22. The van der Waals surface area contributed by atoms with Crippen LogP contribution < -0.4 is 0 Å². The Morgan fingerprint density at radius 2 is 2.04 bits per heavy atom. The van der Waals surface area contributed by atoms with Crippen LogP contribution in [0.1, 0.15) is 55.5 Å². The third-order valence-corrected chi connectivity index (χ3v) is 4.58. The highest BCUT2D eigenvalue weighted by Gasteiger charge is 2.28. The molecule has 0 unspecified atom stereocenters. The second-order valence-corrected chi connectivity index (χ2v) is 6.59. The summed E-state index contributed by atoms with van der Waals surface area (Å²) >= 11 is 0. The molecule has 0 aliphatic carbocycles. The average Bonchev–Trinajstić information content (AvgIpc) is 2.93. The summed E-state index contributed by atoms with van der Waals surface area (Å²) in [5, 5.41) is 8.94. The van der Waals surface area contributed by atoms with Crippen LogP contribution in [0.5, 0.6) is 0 Å². The number of hydrogen-bond acceptors (Lipinski definition) is 2. The van der Waals surface area contributed by atoms with Crippen molar-refractivity contribution in [1.29, 1.82) is 0 Å². The number of amides is 1. The zero-order valence-corrected chi connectivity index (χ0v) is 15.1. The van der Waals surface area contributed by atoms with Crippen LogP contribution in [-0.4, -0.2) is 34.5 Å². The average molecular weight is 341 g/mol. The Labute approximate surface area is 149 Å². The SMILES string of the molecule is CCC/C(C)=C/C=C\[C@H]1CCC(=O)N1CCc1ccc(C(=O)O)cc1. The van der Waals surface area contributed by atoms with Crippen molar-refractivity contribution < 1.29 is 14.7 Å². The summed E-state index contributed by atoms with van der Waals surface area (Å²) in [6, 6.07) is 7.04. The van der Waals surface area contributed by atoms with Gasteiger partial charge in [-0.05, 0) is 43.9 Å². The molecule has 4 nitrogen and oxygen atoms in total. The first kappa shape index (κ1) is 19.0. The third kappa shape index (κ3) is 5.59. The van der Waals surface area contributed by atoms with E-state index in [4.69, 9.17) is 5.11 Å². The van der Waals surface area contributed by atoms with E-state index in [1.54, 1.807) is 12.1 Å². The number of likely N-dealkylation sites (tertiary alicyclic amines) is 1. The van der Waals surface area contributed by atoms with Gasteiger partial charge in [0.05, 0.1) is 11.6 Å².